The van der Waals surface area contributed by atoms with Gasteiger partial charge in [0, 0.05) is 31.0 Å². The molecule has 0 aliphatic carbocycles. The van der Waals surface area contributed by atoms with E-state index < -0.39 is 0 Å². The summed E-state index contributed by atoms with van der Waals surface area (Å²) in [6, 6.07) is 24.4. The van der Waals surface area contributed by atoms with Crippen LogP contribution < -0.4 is 4.90 Å². The zero-order valence-electron chi connectivity index (χ0n) is 15.9. The van der Waals surface area contributed by atoms with Gasteiger partial charge >= 0.3 is 0 Å². The van der Waals surface area contributed by atoms with Crippen LogP contribution in [0.2, 0.25) is 0 Å². The largest absolute Gasteiger partial charge is 0.374 e. The number of benzene rings is 3. The first-order valence-corrected chi connectivity index (χ1v) is 9.71. The molecular weight excluding hydrogens is 344 g/mol. The number of anilines is 1. The molecule has 0 saturated heterocycles. The van der Waals surface area contributed by atoms with Crippen LogP contribution in [-0.2, 0) is 6.42 Å². The van der Waals surface area contributed by atoms with E-state index in [1.165, 1.54) is 22.4 Å². The number of hydrogen-bond donors (Lipinski definition) is 0. The number of hydrogen-bond acceptors (Lipinski definition) is 2. The second-order valence-corrected chi connectivity index (χ2v) is 7.49. The minimum Gasteiger partial charge on any atom is -0.374 e. The van der Waals surface area contributed by atoms with Gasteiger partial charge in [-0.1, -0.05) is 54.6 Å². The van der Waals surface area contributed by atoms with Crippen molar-refractivity contribution in [3.8, 4) is 0 Å². The van der Waals surface area contributed by atoms with Crippen molar-refractivity contribution >= 4 is 17.7 Å². The van der Waals surface area contributed by atoms with E-state index in [-0.39, 0.29) is 11.9 Å². The Bertz CT molecular complexity index is 1070. The molecule has 0 unspecified atom stereocenters. The van der Waals surface area contributed by atoms with Crippen LogP contribution in [0.4, 0.5) is 5.69 Å². The summed E-state index contributed by atoms with van der Waals surface area (Å²) >= 11 is 0. The summed E-state index contributed by atoms with van der Waals surface area (Å²) in [4.78, 5) is 17.5. The zero-order chi connectivity index (χ0) is 19.1. The number of rotatable bonds is 2. The Balaban J connectivity index is 1.62. The van der Waals surface area contributed by atoms with E-state index >= 15 is 0 Å². The van der Waals surface area contributed by atoms with Crippen LogP contribution in [0.3, 0.4) is 0 Å². The molecule has 28 heavy (non-hydrogen) atoms. The fraction of sp³-hybridized carbons (Fsp3) is 0.160. The molecule has 0 radical (unpaired) electrons. The normalized spacial score (nSPS) is 17.4. The van der Waals surface area contributed by atoms with Gasteiger partial charge in [0.25, 0.3) is 5.91 Å². The molecule has 3 nitrogen and oxygen atoms in total. The molecule has 2 heterocycles. The van der Waals surface area contributed by atoms with E-state index in [1.54, 1.807) is 0 Å². The van der Waals surface area contributed by atoms with Gasteiger partial charge in [-0.15, -0.1) is 0 Å². The number of nitrogens with zero attached hydrogens (tertiary/aromatic N) is 2. The van der Waals surface area contributed by atoms with Crippen molar-refractivity contribution in [3.05, 3.63) is 107 Å². The van der Waals surface area contributed by atoms with E-state index in [0.717, 1.165) is 18.5 Å². The van der Waals surface area contributed by atoms with Crippen molar-refractivity contribution in [1.29, 1.82) is 0 Å². The molecule has 138 valence electrons. The van der Waals surface area contributed by atoms with Crippen molar-refractivity contribution in [3.63, 3.8) is 0 Å². The molecule has 3 aromatic carbocycles. The van der Waals surface area contributed by atoms with Crippen molar-refractivity contribution in [1.82, 2.24) is 4.90 Å². The lowest BCUT2D eigenvalue weighted by Crippen LogP contribution is -2.33. The average molecular weight is 366 g/mol. The third kappa shape index (κ3) is 2.71. The molecule has 2 aliphatic rings. The topological polar surface area (TPSA) is 23.6 Å². The molecule has 0 bridgehead atoms. The van der Waals surface area contributed by atoms with Crippen molar-refractivity contribution in [2.45, 2.75) is 12.5 Å². The number of likely N-dealkylation sites (N-methyl/N-ethyl adjacent to an activating group) is 1. The van der Waals surface area contributed by atoms with Gasteiger partial charge < -0.3 is 9.80 Å². The maximum Gasteiger partial charge on any atom is 0.258 e. The summed E-state index contributed by atoms with van der Waals surface area (Å²) in [5.74, 6) is 0.0222. The lowest BCUT2D eigenvalue weighted by molar-refractivity contribution is 0.0787. The average Bonchev–Trinajstić information content (AvgIpc) is 3.13. The Morgan fingerprint density at radius 3 is 2.61 bits per heavy atom. The van der Waals surface area contributed by atoms with Crippen LogP contribution in [0.25, 0.3) is 6.08 Å². The Morgan fingerprint density at radius 2 is 1.75 bits per heavy atom. The van der Waals surface area contributed by atoms with Crippen LogP contribution >= 0.6 is 0 Å². The highest BCUT2D eigenvalue weighted by Crippen LogP contribution is 2.39. The monoisotopic (exact) mass is 366 g/mol. The standard InChI is InChI=1S/C25H22N2O/c1-26-15-13-20-17-21(11-12-23(20)26)24-22-10-6-5-7-18(22)14-16-27(24)25(28)19-8-3-2-4-9-19/h2-12,14,16-17,24H,13,15H2,1H3/t24-/m0/s1. The molecular formula is C25H22N2O. The highest BCUT2D eigenvalue weighted by molar-refractivity contribution is 5.96. The van der Waals surface area contributed by atoms with Crippen LogP contribution in [-0.4, -0.2) is 24.4 Å². The second-order valence-electron chi connectivity index (χ2n) is 7.49. The van der Waals surface area contributed by atoms with Crippen LogP contribution in [0.1, 0.15) is 38.7 Å². The van der Waals surface area contributed by atoms with Gasteiger partial charge in [-0.3, -0.25) is 4.79 Å². The van der Waals surface area contributed by atoms with Crippen LogP contribution in [0.5, 0.6) is 0 Å². The third-order valence-electron chi connectivity index (χ3n) is 5.79. The van der Waals surface area contributed by atoms with Gasteiger partial charge in [-0.25, -0.2) is 0 Å². The number of amides is 1. The molecule has 0 N–H and O–H groups in total. The van der Waals surface area contributed by atoms with E-state index in [2.05, 4.69) is 48.3 Å². The fourth-order valence-corrected chi connectivity index (χ4v) is 4.32. The van der Waals surface area contributed by atoms with Crippen LogP contribution in [0, 0.1) is 0 Å². The Hall–Kier alpha value is -3.33. The molecule has 3 aromatic rings. The number of fused-ring (bicyclic) bond motifs is 2. The van der Waals surface area contributed by atoms with Crippen molar-refractivity contribution in [2.24, 2.45) is 0 Å². The quantitative estimate of drug-likeness (QED) is 0.644. The van der Waals surface area contributed by atoms with Crippen LogP contribution in [0.15, 0.2) is 79.0 Å². The summed E-state index contributed by atoms with van der Waals surface area (Å²) in [7, 11) is 2.13. The molecule has 1 amide bonds. The van der Waals surface area contributed by atoms with Gasteiger partial charge in [0.2, 0.25) is 0 Å². The highest BCUT2D eigenvalue weighted by atomic mass is 16.2. The smallest absolute Gasteiger partial charge is 0.258 e. The molecule has 1 atom stereocenters. The fourth-order valence-electron chi connectivity index (χ4n) is 4.32. The van der Waals surface area contributed by atoms with E-state index in [1.807, 2.05) is 53.6 Å². The minimum atomic E-state index is -0.120. The van der Waals surface area contributed by atoms with E-state index in [0.29, 0.717) is 5.56 Å². The first kappa shape index (κ1) is 16.8. The summed E-state index contributed by atoms with van der Waals surface area (Å²) in [5.41, 5.74) is 6.86. The summed E-state index contributed by atoms with van der Waals surface area (Å²) in [6.45, 7) is 1.05. The first-order chi connectivity index (χ1) is 13.7. The maximum absolute atomic E-state index is 13.3. The summed E-state index contributed by atoms with van der Waals surface area (Å²) in [5, 5.41) is 0. The highest BCUT2D eigenvalue weighted by Gasteiger charge is 2.31. The predicted molar refractivity (Wildman–Crippen MR) is 113 cm³/mol. The second kappa shape index (κ2) is 6.68. The lowest BCUT2D eigenvalue weighted by atomic mass is 9.89. The third-order valence-corrected chi connectivity index (χ3v) is 5.79. The lowest BCUT2D eigenvalue weighted by Gasteiger charge is -2.34. The van der Waals surface area contributed by atoms with Gasteiger partial charge in [0.15, 0.2) is 0 Å². The molecule has 0 fully saturated rings. The Kier molecular flexibility index (Phi) is 4.01. The predicted octanol–water partition coefficient (Wildman–Crippen LogP) is 4.90. The molecule has 5 rings (SSSR count). The van der Waals surface area contributed by atoms with Crippen molar-refractivity contribution in [2.75, 3.05) is 18.5 Å². The first-order valence-electron chi connectivity index (χ1n) is 9.71. The summed E-state index contributed by atoms with van der Waals surface area (Å²) in [6.07, 6.45) is 5.02. The summed E-state index contributed by atoms with van der Waals surface area (Å²) < 4.78 is 0. The van der Waals surface area contributed by atoms with Gasteiger partial charge in [0.1, 0.15) is 0 Å². The zero-order valence-corrected chi connectivity index (χ0v) is 15.9. The minimum absolute atomic E-state index is 0.0222. The molecule has 0 spiro atoms. The molecule has 0 aromatic heterocycles. The van der Waals surface area contributed by atoms with E-state index in [9.17, 15) is 4.79 Å². The van der Waals surface area contributed by atoms with Gasteiger partial charge in [0.05, 0.1) is 6.04 Å². The maximum atomic E-state index is 13.3. The Morgan fingerprint density at radius 1 is 0.964 bits per heavy atom. The van der Waals surface area contributed by atoms with E-state index in [4.69, 9.17) is 0 Å². The molecule has 0 saturated carbocycles. The Labute approximate surface area is 165 Å². The molecule has 3 heteroatoms. The number of carbonyl (C=O) groups is 1. The SMILES string of the molecule is CN1CCc2cc([C@H]3c4ccccc4C=CN3C(=O)c3ccccc3)ccc21. The van der Waals surface area contributed by atoms with Gasteiger partial charge in [-0.2, -0.15) is 0 Å². The van der Waals surface area contributed by atoms with Gasteiger partial charge in [-0.05, 0) is 52.9 Å². The van der Waals surface area contributed by atoms with Crippen molar-refractivity contribution < 1.29 is 4.79 Å². The number of carbonyl (C=O) groups excluding carboxylic acids is 1. The molecule has 2 aliphatic heterocycles.